The highest BCUT2D eigenvalue weighted by Gasteiger charge is 2.33. The topological polar surface area (TPSA) is 94.0 Å². The van der Waals surface area contributed by atoms with Gasteiger partial charge in [-0.25, -0.2) is 24.2 Å². The molecule has 4 rings (SSSR count). The Morgan fingerprint density at radius 3 is 2.69 bits per heavy atom. The van der Waals surface area contributed by atoms with Gasteiger partial charge in [0.1, 0.15) is 11.5 Å². The summed E-state index contributed by atoms with van der Waals surface area (Å²) < 4.78 is 13.9. The van der Waals surface area contributed by atoms with Gasteiger partial charge < -0.3 is 15.1 Å². The van der Waals surface area contributed by atoms with Gasteiger partial charge in [-0.1, -0.05) is 6.07 Å². The SMILES string of the molecule is CCNC(=O)c1ccnc(N2CCN(C(=O)N3N=CCC3c3cc(C)cc(F)c3)CC2)n1. The van der Waals surface area contributed by atoms with Crippen molar-refractivity contribution in [2.24, 2.45) is 5.10 Å². The van der Waals surface area contributed by atoms with E-state index in [1.807, 2.05) is 24.8 Å². The largest absolute Gasteiger partial charge is 0.351 e. The number of carbonyl (C=O) groups excluding carboxylic acids is 2. The number of anilines is 1. The molecular weight excluding hydrogens is 413 g/mol. The monoisotopic (exact) mass is 439 g/mol. The van der Waals surface area contributed by atoms with E-state index in [1.165, 1.54) is 17.1 Å². The first-order chi connectivity index (χ1) is 15.5. The number of hydrogen-bond acceptors (Lipinski definition) is 6. The van der Waals surface area contributed by atoms with E-state index in [2.05, 4.69) is 20.4 Å². The summed E-state index contributed by atoms with van der Waals surface area (Å²) in [4.78, 5) is 37.5. The Hall–Kier alpha value is -3.56. The summed E-state index contributed by atoms with van der Waals surface area (Å²) in [6.45, 7) is 6.20. The zero-order valence-corrected chi connectivity index (χ0v) is 18.2. The van der Waals surface area contributed by atoms with Crippen LogP contribution >= 0.6 is 0 Å². The van der Waals surface area contributed by atoms with Crippen LogP contribution in [0.15, 0.2) is 35.6 Å². The molecule has 0 saturated carbocycles. The van der Waals surface area contributed by atoms with E-state index in [0.717, 1.165) is 11.1 Å². The van der Waals surface area contributed by atoms with Gasteiger partial charge in [0.25, 0.3) is 5.91 Å². The first-order valence-electron chi connectivity index (χ1n) is 10.7. The van der Waals surface area contributed by atoms with E-state index in [9.17, 15) is 14.0 Å². The van der Waals surface area contributed by atoms with Gasteiger partial charge in [0.05, 0.1) is 6.04 Å². The van der Waals surface area contributed by atoms with Crippen LogP contribution in [0.2, 0.25) is 0 Å². The highest BCUT2D eigenvalue weighted by Crippen LogP contribution is 2.30. The Morgan fingerprint density at radius 1 is 1.19 bits per heavy atom. The molecule has 1 unspecified atom stereocenters. The molecular formula is C22H26FN7O2. The number of carbonyl (C=O) groups is 2. The molecule has 1 fully saturated rings. The van der Waals surface area contributed by atoms with E-state index in [-0.39, 0.29) is 23.8 Å². The summed E-state index contributed by atoms with van der Waals surface area (Å²) in [5.74, 6) is -0.0913. The summed E-state index contributed by atoms with van der Waals surface area (Å²) in [6.07, 6.45) is 3.81. The molecule has 168 valence electrons. The van der Waals surface area contributed by atoms with Crippen LogP contribution in [-0.4, -0.2) is 70.8 Å². The molecule has 0 aliphatic carbocycles. The van der Waals surface area contributed by atoms with E-state index in [4.69, 9.17) is 0 Å². The Labute approximate surface area is 185 Å². The summed E-state index contributed by atoms with van der Waals surface area (Å²) >= 11 is 0. The highest BCUT2D eigenvalue weighted by molar-refractivity contribution is 5.92. The van der Waals surface area contributed by atoms with E-state index in [0.29, 0.717) is 50.8 Å². The Morgan fingerprint density at radius 2 is 1.97 bits per heavy atom. The smallest absolute Gasteiger partial charge is 0.341 e. The average molecular weight is 439 g/mol. The Kier molecular flexibility index (Phi) is 6.29. The molecule has 3 heterocycles. The van der Waals surface area contributed by atoms with Crippen molar-refractivity contribution in [3.63, 3.8) is 0 Å². The van der Waals surface area contributed by atoms with Crippen LogP contribution < -0.4 is 10.2 Å². The first kappa shape index (κ1) is 21.7. The molecule has 0 bridgehead atoms. The van der Waals surface area contributed by atoms with Gasteiger partial charge in [-0.2, -0.15) is 5.10 Å². The number of piperazine rings is 1. The minimum atomic E-state index is -0.317. The third kappa shape index (κ3) is 4.53. The number of urea groups is 1. The van der Waals surface area contributed by atoms with Crippen LogP contribution in [0.25, 0.3) is 0 Å². The second kappa shape index (κ2) is 9.29. The van der Waals surface area contributed by atoms with Crippen molar-refractivity contribution in [1.82, 2.24) is 25.2 Å². The van der Waals surface area contributed by atoms with Crippen LogP contribution in [0, 0.1) is 12.7 Å². The molecule has 3 amide bonds. The Balaban J connectivity index is 1.41. The molecule has 1 saturated heterocycles. The van der Waals surface area contributed by atoms with E-state index < -0.39 is 0 Å². The molecule has 32 heavy (non-hydrogen) atoms. The predicted molar refractivity (Wildman–Crippen MR) is 118 cm³/mol. The third-order valence-corrected chi connectivity index (χ3v) is 5.52. The lowest BCUT2D eigenvalue weighted by Crippen LogP contribution is -2.52. The van der Waals surface area contributed by atoms with Crippen molar-refractivity contribution in [1.29, 1.82) is 0 Å². The maximum absolute atomic E-state index is 13.9. The Bertz CT molecular complexity index is 1020. The van der Waals surface area contributed by atoms with Crippen LogP contribution in [0.1, 0.15) is 41.0 Å². The van der Waals surface area contributed by atoms with Crippen LogP contribution in [0.4, 0.5) is 15.1 Å². The molecule has 10 heteroatoms. The quantitative estimate of drug-likeness (QED) is 0.789. The molecule has 1 aromatic carbocycles. The maximum atomic E-state index is 13.9. The number of hydrogen-bond donors (Lipinski definition) is 1. The number of amides is 3. The van der Waals surface area contributed by atoms with Crippen molar-refractivity contribution >= 4 is 24.1 Å². The van der Waals surface area contributed by atoms with Gasteiger partial charge >= 0.3 is 6.03 Å². The number of hydrazone groups is 1. The normalized spacial score (nSPS) is 18.2. The van der Waals surface area contributed by atoms with Crippen molar-refractivity contribution < 1.29 is 14.0 Å². The molecule has 1 aromatic heterocycles. The van der Waals surface area contributed by atoms with Gasteiger partial charge in [-0.15, -0.1) is 0 Å². The molecule has 1 atom stereocenters. The van der Waals surface area contributed by atoms with Gasteiger partial charge in [-0.05, 0) is 43.2 Å². The van der Waals surface area contributed by atoms with Crippen molar-refractivity contribution in [3.8, 4) is 0 Å². The van der Waals surface area contributed by atoms with Crippen molar-refractivity contribution in [2.75, 3.05) is 37.6 Å². The number of aryl methyl sites for hydroxylation is 1. The fourth-order valence-electron chi connectivity index (χ4n) is 3.95. The van der Waals surface area contributed by atoms with Gasteiger partial charge in [-0.3, -0.25) is 4.79 Å². The van der Waals surface area contributed by atoms with E-state index in [1.54, 1.807) is 23.4 Å². The number of benzene rings is 1. The minimum absolute atomic E-state index is 0.206. The molecule has 9 nitrogen and oxygen atoms in total. The molecule has 0 spiro atoms. The molecule has 2 aliphatic heterocycles. The van der Waals surface area contributed by atoms with Gasteiger partial charge in [0.2, 0.25) is 5.95 Å². The molecule has 2 aromatic rings. The average Bonchev–Trinajstić information content (AvgIpc) is 3.28. The standard InChI is InChI=1S/C22H26FN7O2/c1-3-24-20(31)18-4-6-25-21(27-18)28-8-10-29(11-9-28)22(32)30-19(5-7-26-30)16-12-15(2)13-17(23)14-16/h4,6-7,12-14,19H,3,5,8-11H2,1-2H3,(H,24,31). The molecule has 0 radical (unpaired) electrons. The number of rotatable bonds is 4. The number of aromatic nitrogens is 2. The second-order valence-corrected chi connectivity index (χ2v) is 7.81. The third-order valence-electron chi connectivity index (χ3n) is 5.52. The van der Waals surface area contributed by atoms with Gasteiger partial charge in [0, 0.05) is 51.6 Å². The summed E-state index contributed by atoms with van der Waals surface area (Å²) in [6, 6.07) is 5.87. The lowest BCUT2D eigenvalue weighted by Gasteiger charge is -2.37. The lowest BCUT2D eigenvalue weighted by atomic mass is 10.0. The highest BCUT2D eigenvalue weighted by atomic mass is 19.1. The second-order valence-electron chi connectivity index (χ2n) is 7.81. The summed E-state index contributed by atoms with van der Waals surface area (Å²) in [5, 5.41) is 8.43. The zero-order chi connectivity index (χ0) is 22.7. The maximum Gasteiger partial charge on any atom is 0.341 e. The fraction of sp³-hybridized carbons (Fsp3) is 0.409. The van der Waals surface area contributed by atoms with Crippen molar-refractivity contribution in [2.45, 2.75) is 26.3 Å². The zero-order valence-electron chi connectivity index (χ0n) is 18.2. The molecule has 2 aliphatic rings. The number of nitrogens with zero attached hydrogens (tertiary/aromatic N) is 6. The summed E-state index contributed by atoms with van der Waals surface area (Å²) in [7, 11) is 0. The fourth-order valence-corrected chi connectivity index (χ4v) is 3.95. The first-order valence-corrected chi connectivity index (χ1v) is 10.7. The minimum Gasteiger partial charge on any atom is -0.351 e. The predicted octanol–water partition coefficient (Wildman–Crippen LogP) is 2.35. The van der Waals surface area contributed by atoms with Crippen molar-refractivity contribution in [3.05, 3.63) is 53.1 Å². The number of halogens is 1. The lowest BCUT2D eigenvalue weighted by molar-refractivity contribution is 0.0950. The van der Waals surface area contributed by atoms with E-state index >= 15 is 0 Å². The molecule has 1 N–H and O–H groups in total. The van der Waals surface area contributed by atoms with Crippen LogP contribution in [0.3, 0.4) is 0 Å². The van der Waals surface area contributed by atoms with Crippen LogP contribution in [-0.2, 0) is 0 Å². The van der Waals surface area contributed by atoms with Crippen LogP contribution in [0.5, 0.6) is 0 Å². The number of nitrogens with one attached hydrogen (secondary N) is 1. The summed E-state index contributed by atoms with van der Waals surface area (Å²) in [5.41, 5.74) is 1.86. The van der Waals surface area contributed by atoms with Gasteiger partial charge in [0.15, 0.2) is 0 Å².